The van der Waals surface area contributed by atoms with Gasteiger partial charge in [-0.1, -0.05) is 0 Å². The van der Waals surface area contributed by atoms with Crippen LogP contribution in [0.4, 0.5) is 17.3 Å². The standard InChI is InChI=1S/C10H16N4O2/c1-4-13(5-2)10-7-8(14(15)16)6-9(11-3)12-10/h6-7H,4-5H2,1-3H3,(H,11,12). The summed E-state index contributed by atoms with van der Waals surface area (Å²) in [6, 6.07) is 2.92. The first-order chi connectivity index (χ1) is 7.62. The molecule has 0 aliphatic rings. The number of nitro groups is 1. The summed E-state index contributed by atoms with van der Waals surface area (Å²) in [5.41, 5.74) is 0.0567. The largest absolute Gasteiger partial charge is 0.373 e. The van der Waals surface area contributed by atoms with Crippen molar-refractivity contribution in [3.63, 3.8) is 0 Å². The first kappa shape index (κ1) is 12.2. The molecule has 6 heteroatoms. The number of rotatable bonds is 5. The Morgan fingerprint density at radius 2 is 2.06 bits per heavy atom. The molecule has 6 nitrogen and oxygen atoms in total. The van der Waals surface area contributed by atoms with Crippen LogP contribution in [0.5, 0.6) is 0 Å². The van der Waals surface area contributed by atoms with E-state index in [4.69, 9.17) is 0 Å². The van der Waals surface area contributed by atoms with Crippen LogP contribution in [0.2, 0.25) is 0 Å². The van der Waals surface area contributed by atoms with E-state index in [0.29, 0.717) is 11.6 Å². The van der Waals surface area contributed by atoms with Gasteiger partial charge in [-0.2, -0.15) is 0 Å². The van der Waals surface area contributed by atoms with E-state index in [1.807, 2.05) is 18.7 Å². The Morgan fingerprint density at radius 3 is 2.50 bits per heavy atom. The molecule has 0 unspecified atom stereocenters. The second-order valence-corrected chi connectivity index (χ2v) is 3.25. The van der Waals surface area contributed by atoms with E-state index in [1.54, 1.807) is 7.05 Å². The van der Waals surface area contributed by atoms with Gasteiger partial charge in [-0.05, 0) is 13.8 Å². The molecular formula is C10H16N4O2. The smallest absolute Gasteiger partial charge is 0.276 e. The zero-order valence-electron chi connectivity index (χ0n) is 9.73. The molecule has 0 spiro atoms. The molecule has 0 amide bonds. The van der Waals surface area contributed by atoms with Gasteiger partial charge in [-0.15, -0.1) is 0 Å². The lowest BCUT2D eigenvalue weighted by molar-refractivity contribution is -0.384. The molecule has 1 aromatic heterocycles. The van der Waals surface area contributed by atoms with Crippen LogP contribution >= 0.6 is 0 Å². The van der Waals surface area contributed by atoms with E-state index in [-0.39, 0.29) is 5.69 Å². The molecular weight excluding hydrogens is 208 g/mol. The van der Waals surface area contributed by atoms with Gasteiger partial charge in [0.15, 0.2) is 0 Å². The second-order valence-electron chi connectivity index (χ2n) is 3.25. The number of nitrogens with one attached hydrogen (secondary N) is 1. The Balaban J connectivity index is 3.17. The average Bonchev–Trinajstić information content (AvgIpc) is 2.30. The van der Waals surface area contributed by atoms with Crippen molar-refractivity contribution in [1.82, 2.24) is 4.98 Å². The van der Waals surface area contributed by atoms with Crippen LogP contribution in [0.3, 0.4) is 0 Å². The summed E-state index contributed by atoms with van der Waals surface area (Å²) in [6.07, 6.45) is 0. The van der Waals surface area contributed by atoms with Crippen molar-refractivity contribution in [2.24, 2.45) is 0 Å². The van der Waals surface area contributed by atoms with E-state index in [1.165, 1.54) is 12.1 Å². The third-order valence-electron chi connectivity index (χ3n) is 2.35. The number of hydrogen-bond donors (Lipinski definition) is 1. The van der Waals surface area contributed by atoms with Gasteiger partial charge in [0.05, 0.1) is 17.1 Å². The summed E-state index contributed by atoms with van der Waals surface area (Å²) in [5, 5.41) is 13.6. The molecule has 0 aliphatic heterocycles. The molecule has 88 valence electrons. The van der Waals surface area contributed by atoms with Crippen LogP contribution in [0.1, 0.15) is 13.8 Å². The van der Waals surface area contributed by atoms with Crippen molar-refractivity contribution >= 4 is 17.3 Å². The molecule has 0 atom stereocenters. The van der Waals surface area contributed by atoms with Crippen molar-refractivity contribution in [1.29, 1.82) is 0 Å². The van der Waals surface area contributed by atoms with Gasteiger partial charge in [0.2, 0.25) is 0 Å². The van der Waals surface area contributed by atoms with Gasteiger partial charge in [-0.25, -0.2) is 4.98 Å². The molecule has 0 saturated carbocycles. The summed E-state index contributed by atoms with van der Waals surface area (Å²) >= 11 is 0. The van der Waals surface area contributed by atoms with Gasteiger partial charge in [0.25, 0.3) is 5.69 Å². The van der Waals surface area contributed by atoms with Gasteiger partial charge < -0.3 is 10.2 Å². The predicted molar refractivity (Wildman–Crippen MR) is 64.0 cm³/mol. The fourth-order valence-corrected chi connectivity index (χ4v) is 1.45. The molecule has 1 heterocycles. The Morgan fingerprint density at radius 1 is 1.44 bits per heavy atom. The lowest BCUT2D eigenvalue weighted by atomic mass is 10.3. The summed E-state index contributed by atoms with van der Waals surface area (Å²) < 4.78 is 0. The Kier molecular flexibility index (Phi) is 4.04. The van der Waals surface area contributed by atoms with Crippen molar-refractivity contribution in [3.8, 4) is 0 Å². The van der Waals surface area contributed by atoms with Gasteiger partial charge in [0, 0.05) is 20.1 Å². The highest BCUT2D eigenvalue weighted by Gasteiger charge is 2.13. The first-order valence-corrected chi connectivity index (χ1v) is 5.21. The fraction of sp³-hybridized carbons (Fsp3) is 0.500. The average molecular weight is 224 g/mol. The topological polar surface area (TPSA) is 71.3 Å². The third kappa shape index (κ3) is 2.59. The zero-order valence-corrected chi connectivity index (χ0v) is 9.73. The molecule has 0 radical (unpaired) electrons. The summed E-state index contributed by atoms with van der Waals surface area (Å²) in [6.45, 7) is 5.52. The normalized spacial score (nSPS) is 9.94. The molecule has 16 heavy (non-hydrogen) atoms. The van der Waals surface area contributed by atoms with Gasteiger partial charge in [-0.3, -0.25) is 10.1 Å². The van der Waals surface area contributed by atoms with Crippen LogP contribution < -0.4 is 10.2 Å². The number of pyridine rings is 1. The minimum atomic E-state index is -0.407. The van der Waals surface area contributed by atoms with E-state index in [2.05, 4.69) is 10.3 Å². The monoisotopic (exact) mass is 224 g/mol. The highest BCUT2D eigenvalue weighted by molar-refractivity contribution is 5.55. The third-order valence-corrected chi connectivity index (χ3v) is 2.35. The van der Waals surface area contributed by atoms with Crippen LogP contribution in [-0.2, 0) is 0 Å². The zero-order chi connectivity index (χ0) is 12.1. The maximum Gasteiger partial charge on any atom is 0.276 e. The summed E-state index contributed by atoms with van der Waals surface area (Å²) in [4.78, 5) is 16.6. The van der Waals surface area contributed by atoms with Crippen LogP contribution in [0.25, 0.3) is 0 Å². The fourth-order valence-electron chi connectivity index (χ4n) is 1.45. The minimum absolute atomic E-state index is 0.0567. The molecule has 0 aliphatic carbocycles. The van der Waals surface area contributed by atoms with E-state index >= 15 is 0 Å². The minimum Gasteiger partial charge on any atom is -0.373 e. The van der Waals surface area contributed by atoms with Crippen molar-refractivity contribution in [2.75, 3.05) is 30.4 Å². The van der Waals surface area contributed by atoms with Crippen molar-refractivity contribution in [2.45, 2.75) is 13.8 Å². The SMILES string of the molecule is CCN(CC)c1cc([N+](=O)[O-])cc(NC)n1. The number of nitrogens with zero attached hydrogens (tertiary/aromatic N) is 3. The second kappa shape index (κ2) is 5.29. The van der Waals surface area contributed by atoms with E-state index in [9.17, 15) is 10.1 Å². The predicted octanol–water partition coefficient (Wildman–Crippen LogP) is 1.88. The van der Waals surface area contributed by atoms with E-state index < -0.39 is 4.92 Å². The Hall–Kier alpha value is -1.85. The molecule has 1 N–H and O–H groups in total. The maximum atomic E-state index is 10.8. The highest BCUT2D eigenvalue weighted by Crippen LogP contribution is 2.22. The highest BCUT2D eigenvalue weighted by atomic mass is 16.6. The van der Waals surface area contributed by atoms with E-state index in [0.717, 1.165) is 13.1 Å². The molecule has 1 aromatic rings. The number of hydrogen-bond acceptors (Lipinski definition) is 5. The number of anilines is 2. The molecule has 0 fully saturated rings. The van der Waals surface area contributed by atoms with Crippen molar-refractivity contribution < 1.29 is 4.92 Å². The lowest BCUT2D eigenvalue weighted by Gasteiger charge is -2.19. The summed E-state index contributed by atoms with van der Waals surface area (Å²) in [7, 11) is 1.69. The molecule has 0 saturated heterocycles. The van der Waals surface area contributed by atoms with Crippen molar-refractivity contribution in [3.05, 3.63) is 22.2 Å². The molecule has 1 rings (SSSR count). The van der Waals surface area contributed by atoms with Crippen LogP contribution in [0.15, 0.2) is 12.1 Å². The Bertz CT molecular complexity index is 377. The van der Waals surface area contributed by atoms with Gasteiger partial charge >= 0.3 is 0 Å². The van der Waals surface area contributed by atoms with Crippen LogP contribution in [0, 0.1) is 10.1 Å². The number of aromatic nitrogens is 1. The summed E-state index contributed by atoms with van der Waals surface area (Å²) in [5.74, 6) is 1.14. The first-order valence-electron chi connectivity index (χ1n) is 5.21. The molecule has 0 bridgehead atoms. The van der Waals surface area contributed by atoms with Crippen LogP contribution in [-0.4, -0.2) is 30.0 Å². The van der Waals surface area contributed by atoms with Gasteiger partial charge in [0.1, 0.15) is 11.6 Å². The quantitative estimate of drug-likeness (QED) is 0.610. The lowest BCUT2D eigenvalue weighted by Crippen LogP contribution is -2.23. The maximum absolute atomic E-state index is 10.8. The molecule has 0 aromatic carbocycles. The Labute approximate surface area is 94.4 Å².